The highest BCUT2D eigenvalue weighted by Crippen LogP contribution is 2.40. The number of nitrogens with one attached hydrogen (secondary N) is 1. The quantitative estimate of drug-likeness (QED) is 0.844. The molecule has 0 saturated heterocycles. The zero-order chi connectivity index (χ0) is 15.4. The summed E-state index contributed by atoms with van der Waals surface area (Å²) < 4.78 is 0. The maximum Gasteiger partial charge on any atom is 0.323 e. The minimum atomic E-state index is -0.985. The predicted molar refractivity (Wildman–Crippen MR) is 80.2 cm³/mol. The van der Waals surface area contributed by atoms with Gasteiger partial charge in [0.2, 0.25) is 0 Å². The third kappa shape index (κ3) is 4.48. The molecule has 5 nitrogen and oxygen atoms in total. The molecular weight excluding hydrogens is 268 g/mol. The molecule has 1 fully saturated rings. The van der Waals surface area contributed by atoms with Crippen LogP contribution in [0.25, 0.3) is 0 Å². The number of aliphatic carboxylic acids is 1. The number of hydrogen-bond donors (Lipinski definition) is 2. The van der Waals surface area contributed by atoms with Crippen molar-refractivity contribution in [2.24, 2.45) is 5.92 Å². The summed E-state index contributed by atoms with van der Waals surface area (Å²) in [5.74, 6) is -0.402. The van der Waals surface area contributed by atoms with E-state index in [4.69, 9.17) is 5.11 Å². The lowest BCUT2D eigenvalue weighted by Gasteiger charge is -2.23. The van der Waals surface area contributed by atoms with E-state index in [9.17, 15) is 9.59 Å². The highest BCUT2D eigenvalue weighted by Gasteiger charge is 2.40. The van der Waals surface area contributed by atoms with E-state index in [-0.39, 0.29) is 24.5 Å². The first-order valence-electron chi connectivity index (χ1n) is 7.29. The zero-order valence-corrected chi connectivity index (χ0v) is 12.5. The van der Waals surface area contributed by atoms with Crippen molar-refractivity contribution in [1.29, 1.82) is 0 Å². The Morgan fingerprint density at radius 1 is 1.33 bits per heavy atom. The molecule has 2 amide bonds. The number of amides is 2. The van der Waals surface area contributed by atoms with Crippen LogP contribution in [0, 0.1) is 5.92 Å². The average Bonchev–Trinajstić information content (AvgIpc) is 3.17. The summed E-state index contributed by atoms with van der Waals surface area (Å²) in [5.41, 5.74) is 1.22. The summed E-state index contributed by atoms with van der Waals surface area (Å²) in [6.07, 6.45) is 0.915. The van der Waals surface area contributed by atoms with Gasteiger partial charge in [-0.1, -0.05) is 44.2 Å². The molecule has 0 aromatic heterocycles. The number of carboxylic acids is 1. The number of urea groups is 1. The normalized spacial score (nSPS) is 20.1. The van der Waals surface area contributed by atoms with E-state index < -0.39 is 5.97 Å². The lowest BCUT2D eigenvalue weighted by molar-refractivity contribution is -0.137. The fourth-order valence-corrected chi connectivity index (χ4v) is 2.50. The molecule has 0 bridgehead atoms. The van der Waals surface area contributed by atoms with Gasteiger partial charge in [0.05, 0.1) is 0 Å². The van der Waals surface area contributed by atoms with Crippen molar-refractivity contribution < 1.29 is 14.7 Å². The van der Waals surface area contributed by atoms with Crippen molar-refractivity contribution in [2.75, 3.05) is 13.1 Å². The minimum absolute atomic E-state index is 0.114. The maximum atomic E-state index is 12.2. The number of nitrogens with zero attached hydrogens (tertiary/aromatic N) is 1. The van der Waals surface area contributed by atoms with Gasteiger partial charge in [-0.05, 0) is 17.9 Å². The van der Waals surface area contributed by atoms with Gasteiger partial charge in [-0.2, -0.15) is 0 Å². The van der Waals surface area contributed by atoms with Crippen molar-refractivity contribution in [3.8, 4) is 0 Å². The lowest BCUT2D eigenvalue weighted by atomic mass is 10.1. The second kappa shape index (κ2) is 6.61. The first-order valence-corrected chi connectivity index (χ1v) is 7.29. The van der Waals surface area contributed by atoms with Crippen LogP contribution in [-0.2, 0) is 4.79 Å². The van der Waals surface area contributed by atoms with Crippen molar-refractivity contribution in [1.82, 2.24) is 10.2 Å². The molecule has 0 heterocycles. The Morgan fingerprint density at radius 2 is 2.00 bits per heavy atom. The molecule has 21 heavy (non-hydrogen) atoms. The van der Waals surface area contributed by atoms with Gasteiger partial charge >= 0.3 is 12.0 Å². The first kappa shape index (κ1) is 15.4. The Labute approximate surface area is 125 Å². The van der Waals surface area contributed by atoms with Gasteiger partial charge in [-0.3, -0.25) is 4.79 Å². The van der Waals surface area contributed by atoms with E-state index in [2.05, 4.69) is 17.4 Å². The van der Waals surface area contributed by atoms with Crippen molar-refractivity contribution in [3.63, 3.8) is 0 Å². The third-order valence-corrected chi connectivity index (χ3v) is 3.53. The molecule has 2 unspecified atom stereocenters. The molecule has 0 aliphatic heterocycles. The fourth-order valence-electron chi connectivity index (χ4n) is 2.50. The Bertz CT molecular complexity index is 502. The number of carbonyl (C=O) groups is 2. The molecule has 0 spiro atoms. The van der Waals surface area contributed by atoms with E-state index >= 15 is 0 Å². The smallest absolute Gasteiger partial charge is 0.323 e. The van der Waals surface area contributed by atoms with Crippen LogP contribution in [0.3, 0.4) is 0 Å². The van der Waals surface area contributed by atoms with Crippen LogP contribution in [0.5, 0.6) is 0 Å². The number of carbonyl (C=O) groups excluding carboxylic acids is 1. The molecule has 5 heteroatoms. The van der Waals surface area contributed by atoms with Gasteiger partial charge in [-0.15, -0.1) is 0 Å². The topological polar surface area (TPSA) is 69.6 Å². The van der Waals surface area contributed by atoms with E-state index in [1.54, 1.807) is 0 Å². The van der Waals surface area contributed by atoms with Crippen LogP contribution in [0.2, 0.25) is 0 Å². The Morgan fingerprint density at radius 3 is 2.57 bits per heavy atom. The summed E-state index contributed by atoms with van der Waals surface area (Å²) >= 11 is 0. The first-order chi connectivity index (χ1) is 9.97. The SMILES string of the molecule is CC(C)CN(CC(=O)O)C(=O)NC1CC1c1ccccc1. The minimum Gasteiger partial charge on any atom is -0.480 e. The second-order valence-corrected chi connectivity index (χ2v) is 5.98. The molecule has 1 saturated carbocycles. The fraction of sp³-hybridized carbons (Fsp3) is 0.500. The molecule has 114 valence electrons. The number of rotatable bonds is 6. The van der Waals surface area contributed by atoms with Crippen LogP contribution in [0.4, 0.5) is 4.79 Å². The van der Waals surface area contributed by atoms with Gasteiger partial charge in [-0.25, -0.2) is 4.79 Å². The highest BCUT2D eigenvalue weighted by molar-refractivity contribution is 5.80. The van der Waals surface area contributed by atoms with E-state index in [0.29, 0.717) is 12.5 Å². The van der Waals surface area contributed by atoms with Crippen LogP contribution in [0.1, 0.15) is 31.7 Å². The monoisotopic (exact) mass is 290 g/mol. The molecule has 0 radical (unpaired) electrons. The lowest BCUT2D eigenvalue weighted by Crippen LogP contribution is -2.45. The van der Waals surface area contributed by atoms with Crippen molar-refractivity contribution >= 4 is 12.0 Å². The molecular formula is C16H22N2O3. The van der Waals surface area contributed by atoms with E-state index in [1.165, 1.54) is 10.5 Å². The third-order valence-electron chi connectivity index (χ3n) is 3.53. The van der Waals surface area contributed by atoms with Crippen LogP contribution in [-0.4, -0.2) is 41.1 Å². The Kier molecular flexibility index (Phi) is 4.83. The van der Waals surface area contributed by atoms with E-state index in [1.807, 2.05) is 32.0 Å². The second-order valence-electron chi connectivity index (χ2n) is 5.98. The van der Waals surface area contributed by atoms with Gasteiger partial charge in [0.25, 0.3) is 0 Å². The predicted octanol–water partition coefficient (Wildman–Crippen LogP) is 2.29. The standard InChI is InChI=1S/C16H22N2O3/c1-11(2)9-18(10-15(19)20)16(21)17-14-8-13(14)12-6-4-3-5-7-12/h3-7,11,13-14H,8-10H2,1-2H3,(H,17,21)(H,19,20). The molecule has 2 atom stereocenters. The molecule has 1 aliphatic rings. The summed E-state index contributed by atoms with van der Waals surface area (Å²) in [6, 6.07) is 9.89. The maximum absolute atomic E-state index is 12.2. The Balaban J connectivity index is 1.89. The highest BCUT2D eigenvalue weighted by atomic mass is 16.4. The summed E-state index contributed by atoms with van der Waals surface area (Å²) in [5, 5.41) is 11.8. The van der Waals surface area contributed by atoms with Crippen LogP contribution < -0.4 is 5.32 Å². The van der Waals surface area contributed by atoms with Gasteiger partial charge in [0.1, 0.15) is 6.54 Å². The molecule has 1 aliphatic carbocycles. The van der Waals surface area contributed by atoms with Gasteiger partial charge < -0.3 is 15.3 Å². The number of benzene rings is 1. The van der Waals surface area contributed by atoms with Crippen molar-refractivity contribution in [2.45, 2.75) is 32.2 Å². The van der Waals surface area contributed by atoms with Crippen LogP contribution in [0.15, 0.2) is 30.3 Å². The molecule has 2 N–H and O–H groups in total. The summed E-state index contributed by atoms with van der Waals surface area (Å²) in [6.45, 7) is 4.12. The largest absolute Gasteiger partial charge is 0.480 e. The van der Waals surface area contributed by atoms with E-state index in [0.717, 1.165) is 6.42 Å². The number of carboxylic acid groups (broad SMARTS) is 1. The summed E-state index contributed by atoms with van der Waals surface area (Å²) in [4.78, 5) is 24.4. The Hall–Kier alpha value is -2.04. The molecule has 2 rings (SSSR count). The van der Waals surface area contributed by atoms with Crippen LogP contribution >= 0.6 is 0 Å². The van der Waals surface area contributed by atoms with Gasteiger partial charge in [0.15, 0.2) is 0 Å². The van der Waals surface area contributed by atoms with Gasteiger partial charge in [0, 0.05) is 18.5 Å². The number of hydrogen-bond acceptors (Lipinski definition) is 2. The molecule has 1 aromatic carbocycles. The zero-order valence-electron chi connectivity index (χ0n) is 12.5. The average molecular weight is 290 g/mol. The van der Waals surface area contributed by atoms with Crippen molar-refractivity contribution in [3.05, 3.63) is 35.9 Å². The summed E-state index contributed by atoms with van der Waals surface area (Å²) in [7, 11) is 0. The molecule has 1 aromatic rings.